The third-order valence-corrected chi connectivity index (χ3v) is 16.6. The van der Waals surface area contributed by atoms with Crippen molar-refractivity contribution in [2.75, 3.05) is 0 Å². The van der Waals surface area contributed by atoms with Gasteiger partial charge in [-0.15, -0.1) is 0 Å². The van der Waals surface area contributed by atoms with Crippen LogP contribution < -0.4 is 51.7 Å². The molecule has 0 bridgehead atoms. The predicted octanol–water partition coefficient (Wildman–Crippen LogP) is 11.4. The lowest BCUT2D eigenvalue weighted by Gasteiger charge is -2.37. The summed E-state index contributed by atoms with van der Waals surface area (Å²) in [6, 6.07) is 44.4. The van der Waals surface area contributed by atoms with Gasteiger partial charge in [-0.3, -0.25) is 0 Å². The molecule has 7 aromatic carbocycles. The van der Waals surface area contributed by atoms with Crippen LogP contribution >= 0.6 is 23.5 Å². The van der Waals surface area contributed by atoms with E-state index in [1.165, 1.54) is 115 Å². The number of ether oxygens (including phenoxy) is 4. The first-order valence-corrected chi connectivity index (χ1v) is 24.1. The number of para-hydroxylation sites is 2. The highest BCUT2D eigenvalue weighted by Gasteiger charge is 2.45. The molecule has 0 unspecified atom stereocenters. The molecule has 4 heterocycles. The Morgan fingerprint density at radius 1 is 0.452 bits per heavy atom. The minimum absolute atomic E-state index is 0.00312. The van der Waals surface area contributed by atoms with Crippen molar-refractivity contribution < 1.29 is 18.9 Å². The minimum Gasteiger partial charge on any atom is -0.458 e. The Labute approximate surface area is 372 Å². The summed E-state index contributed by atoms with van der Waals surface area (Å²) in [7, 11) is 0. The van der Waals surface area contributed by atoms with Crippen LogP contribution in [0.1, 0.15) is 85.5 Å². The monoisotopic (exact) mass is 842 g/mol. The molecule has 2 saturated carbocycles. The molecule has 0 N–H and O–H groups in total. The SMILES string of the molecule is Cc1ccccc1Oc1cc2c3c(c1)Sc1cc(C4CCCC4)ccc1B3c1cc3c(cc1O2)Oc1cc(Oc2ccccc2C)cc2c1B3c1ccc(C3CCCC3)cc1S2. The molecule has 62 heavy (non-hydrogen) atoms. The molecule has 13 rings (SSSR count). The molecule has 0 saturated heterocycles. The predicted molar refractivity (Wildman–Crippen MR) is 255 cm³/mol. The van der Waals surface area contributed by atoms with Crippen molar-refractivity contribution >= 4 is 69.7 Å². The minimum atomic E-state index is 0.00312. The Morgan fingerprint density at radius 2 is 0.903 bits per heavy atom. The van der Waals surface area contributed by atoms with Crippen molar-refractivity contribution in [2.24, 2.45) is 0 Å². The van der Waals surface area contributed by atoms with Crippen molar-refractivity contribution in [3.63, 3.8) is 0 Å². The van der Waals surface area contributed by atoms with Gasteiger partial charge in [0.1, 0.15) is 46.0 Å². The van der Waals surface area contributed by atoms with E-state index < -0.39 is 0 Å². The van der Waals surface area contributed by atoms with Gasteiger partial charge < -0.3 is 18.9 Å². The summed E-state index contributed by atoms with van der Waals surface area (Å²) < 4.78 is 27.4. The van der Waals surface area contributed by atoms with Crippen LogP contribution in [0.25, 0.3) is 0 Å². The number of rotatable bonds is 6. The van der Waals surface area contributed by atoms with Gasteiger partial charge in [0.05, 0.1) is 0 Å². The maximum absolute atomic E-state index is 7.07. The molecule has 8 heteroatoms. The van der Waals surface area contributed by atoms with Crippen LogP contribution in [0.15, 0.2) is 141 Å². The van der Waals surface area contributed by atoms with E-state index in [1.807, 2.05) is 47.8 Å². The zero-order valence-electron chi connectivity index (χ0n) is 35.0. The van der Waals surface area contributed by atoms with Crippen molar-refractivity contribution in [2.45, 2.75) is 96.6 Å². The van der Waals surface area contributed by atoms with Crippen LogP contribution in [-0.2, 0) is 0 Å². The van der Waals surface area contributed by atoms with Crippen molar-refractivity contribution in [3.8, 4) is 46.0 Å². The van der Waals surface area contributed by atoms with Gasteiger partial charge in [0.25, 0.3) is 13.4 Å². The average Bonchev–Trinajstić information content (AvgIpc) is 4.03. The lowest BCUT2D eigenvalue weighted by molar-refractivity contribution is 0.448. The second-order valence-electron chi connectivity index (χ2n) is 18.2. The molecule has 0 radical (unpaired) electrons. The zero-order chi connectivity index (χ0) is 41.1. The maximum atomic E-state index is 7.07. The molecular weight excluding hydrogens is 798 g/mol. The van der Waals surface area contributed by atoms with Gasteiger partial charge in [-0.25, -0.2) is 0 Å². The summed E-state index contributed by atoms with van der Waals surface area (Å²) in [5.74, 6) is 7.87. The molecule has 6 aliphatic rings. The fourth-order valence-corrected chi connectivity index (χ4v) is 13.7. The van der Waals surface area contributed by atoms with Crippen molar-refractivity contribution in [1.29, 1.82) is 0 Å². The topological polar surface area (TPSA) is 36.9 Å². The van der Waals surface area contributed by atoms with E-state index in [9.17, 15) is 0 Å². The molecule has 2 aliphatic carbocycles. The summed E-state index contributed by atoms with van der Waals surface area (Å²) in [6.45, 7) is 4.19. The Balaban J connectivity index is 0.979. The summed E-state index contributed by atoms with van der Waals surface area (Å²) in [5, 5.41) is 0. The van der Waals surface area contributed by atoms with Gasteiger partial charge in [-0.05, 0) is 132 Å². The van der Waals surface area contributed by atoms with Gasteiger partial charge in [-0.2, -0.15) is 0 Å². The smallest absolute Gasteiger partial charge is 0.253 e. The molecule has 0 spiro atoms. The number of hydrogen-bond donors (Lipinski definition) is 0. The van der Waals surface area contributed by atoms with Crippen LogP contribution in [0, 0.1) is 13.8 Å². The van der Waals surface area contributed by atoms with Gasteiger partial charge in [0.2, 0.25) is 0 Å². The highest BCUT2D eigenvalue weighted by atomic mass is 32.2. The fourth-order valence-electron chi connectivity index (χ4n) is 11.2. The lowest BCUT2D eigenvalue weighted by Crippen LogP contribution is -2.62. The van der Waals surface area contributed by atoms with E-state index in [4.69, 9.17) is 18.9 Å². The van der Waals surface area contributed by atoms with Crippen LogP contribution in [0.5, 0.6) is 46.0 Å². The van der Waals surface area contributed by atoms with Crippen LogP contribution in [0.4, 0.5) is 0 Å². The maximum Gasteiger partial charge on any atom is 0.253 e. The highest BCUT2D eigenvalue weighted by Crippen LogP contribution is 2.46. The van der Waals surface area contributed by atoms with E-state index in [-0.39, 0.29) is 13.4 Å². The standard InChI is InChI=1S/C54H44B2O4S2/c1-31-11-3-9-17-43(31)57-37-25-47-53-51(27-37)61-49-23-35(33-13-5-6-14-33)19-21-39(49)55(53)41-29-42-46(30-45(41)59-47)60-48-26-38(58-44-18-10-4-12-32(44)2)28-52-54(48)56(42)40-22-20-36(24-50(40)62-52)34-15-7-8-16-34/h3-4,9-12,17-30,33-34H,5-8,13-16H2,1-2H3. The van der Waals surface area contributed by atoms with E-state index >= 15 is 0 Å². The van der Waals surface area contributed by atoms with E-state index in [0.717, 1.165) is 57.1 Å². The second kappa shape index (κ2) is 14.6. The van der Waals surface area contributed by atoms with Gasteiger partial charge >= 0.3 is 0 Å². The van der Waals surface area contributed by atoms with E-state index in [2.05, 4.69) is 111 Å². The summed E-state index contributed by atoms with van der Waals surface area (Å²) in [4.78, 5) is 5.06. The Bertz CT molecular complexity index is 2810. The van der Waals surface area contributed by atoms with Gasteiger partial charge in [-0.1, -0.05) is 127 Å². The molecule has 302 valence electrons. The van der Waals surface area contributed by atoms with Gasteiger partial charge in [0.15, 0.2) is 0 Å². The molecule has 7 aromatic rings. The number of fused-ring (bicyclic) bond motifs is 8. The fraction of sp³-hybridized carbons (Fsp3) is 0.222. The molecule has 0 amide bonds. The van der Waals surface area contributed by atoms with Crippen LogP contribution in [0.3, 0.4) is 0 Å². The molecular formula is C54H44B2O4S2. The Hall–Kier alpha value is -5.43. The number of benzene rings is 7. The van der Waals surface area contributed by atoms with Gasteiger partial charge in [0, 0.05) is 37.8 Å². The molecule has 4 aliphatic heterocycles. The summed E-state index contributed by atoms with van der Waals surface area (Å²) >= 11 is 3.74. The molecule has 4 nitrogen and oxygen atoms in total. The highest BCUT2D eigenvalue weighted by molar-refractivity contribution is 8.00. The number of hydrogen-bond acceptors (Lipinski definition) is 6. The zero-order valence-corrected chi connectivity index (χ0v) is 36.6. The van der Waals surface area contributed by atoms with Crippen molar-refractivity contribution in [3.05, 3.63) is 144 Å². The first-order valence-electron chi connectivity index (χ1n) is 22.5. The van der Waals surface area contributed by atoms with E-state index in [1.54, 1.807) is 0 Å². The Kier molecular flexibility index (Phi) is 8.73. The normalized spacial score (nSPS) is 16.6. The first kappa shape index (κ1) is 37.2. The average molecular weight is 843 g/mol. The summed E-state index contributed by atoms with van der Waals surface area (Å²) in [6.07, 6.45) is 10.4. The van der Waals surface area contributed by atoms with E-state index in [0.29, 0.717) is 11.8 Å². The van der Waals surface area contributed by atoms with Crippen molar-refractivity contribution in [1.82, 2.24) is 0 Å². The lowest BCUT2D eigenvalue weighted by atomic mass is 9.32. The quantitative estimate of drug-likeness (QED) is 0.155. The third kappa shape index (κ3) is 6.07. The largest absolute Gasteiger partial charge is 0.458 e. The Morgan fingerprint density at radius 3 is 1.35 bits per heavy atom. The molecule has 0 atom stereocenters. The number of aryl methyl sites for hydroxylation is 2. The van der Waals surface area contributed by atoms with Crippen LogP contribution in [-0.4, -0.2) is 13.4 Å². The molecule has 0 aromatic heterocycles. The van der Waals surface area contributed by atoms with Crippen LogP contribution in [0.2, 0.25) is 0 Å². The summed E-state index contributed by atoms with van der Waals surface area (Å²) in [5.41, 5.74) is 12.6. The first-order chi connectivity index (χ1) is 30.5. The molecule has 2 fully saturated rings. The third-order valence-electron chi connectivity index (χ3n) is 14.4. The second-order valence-corrected chi connectivity index (χ2v) is 20.3.